The minimum Gasteiger partial charge on any atom is -0.384 e. The molecule has 3 rings (SSSR count). The Kier molecular flexibility index (Phi) is 1.37. The summed E-state index contributed by atoms with van der Waals surface area (Å²) in [5.74, 6) is 0.658. The molecule has 0 aromatic carbocycles. The molecule has 0 spiro atoms. The summed E-state index contributed by atoms with van der Waals surface area (Å²) < 4.78 is 0. The van der Waals surface area contributed by atoms with Crippen LogP contribution in [0.2, 0.25) is 0 Å². The number of fused-ring (bicyclic) bond motifs is 3. The van der Waals surface area contributed by atoms with Crippen LogP contribution in [-0.4, -0.2) is 15.2 Å². The van der Waals surface area contributed by atoms with E-state index < -0.39 is 0 Å². The first-order chi connectivity index (χ1) is 6.77. The Labute approximate surface area is 81.5 Å². The van der Waals surface area contributed by atoms with E-state index >= 15 is 0 Å². The Morgan fingerprint density at radius 2 is 2.07 bits per heavy atom. The number of aromatic amines is 1. The molecule has 72 valence electrons. The Morgan fingerprint density at radius 1 is 1.29 bits per heavy atom. The number of rotatable bonds is 0. The summed E-state index contributed by atoms with van der Waals surface area (Å²) in [5, 5.41) is 7.94. The van der Waals surface area contributed by atoms with Crippen LogP contribution in [0.25, 0.3) is 11.0 Å². The smallest absolute Gasteiger partial charge is 0.183 e. The molecule has 2 heterocycles. The maximum absolute atomic E-state index is 5.84. The van der Waals surface area contributed by atoms with Gasteiger partial charge in [0.05, 0.1) is 5.39 Å². The summed E-state index contributed by atoms with van der Waals surface area (Å²) in [6.45, 7) is 2.05. The van der Waals surface area contributed by atoms with Crippen molar-refractivity contribution in [1.82, 2.24) is 15.2 Å². The maximum atomic E-state index is 5.84. The number of pyridine rings is 1. The standard InChI is InChI=1S/C10H12N4/c1-5-6-3-2-4-7(6)8-9(11)13-14-10(8)12-5/h2-4H2,1H3,(H3,11,12,13,14). The highest BCUT2D eigenvalue weighted by molar-refractivity contribution is 5.90. The highest BCUT2D eigenvalue weighted by Crippen LogP contribution is 2.32. The monoisotopic (exact) mass is 188 g/mol. The van der Waals surface area contributed by atoms with Crippen LogP contribution in [-0.2, 0) is 12.8 Å². The summed E-state index contributed by atoms with van der Waals surface area (Å²) in [5.41, 5.74) is 10.5. The Morgan fingerprint density at radius 3 is 2.93 bits per heavy atom. The lowest BCUT2D eigenvalue weighted by Crippen LogP contribution is -1.94. The molecule has 0 saturated heterocycles. The van der Waals surface area contributed by atoms with Crippen molar-refractivity contribution in [2.24, 2.45) is 0 Å². The average Bonchev–Trinajstić information content (AvgIpc) is 2.72. The maximum Gasteiger partial charge on any atom is 0.183 e. The lowest BCUT2D eigenvalue weighted by atomic mass is 10.1. The van der Waals surface area contributed by atoms with Crippen LogP contribution in [0.15, 0.2) is 0 Å². The van der Waals surface area contributed by atoms with Crippen LogP contribution in [0.3, 0.4) is 0 Å². The fraction of sp³-hybridized carbons (Fsp3) is 0.400. The second-order valence-corrected chi connectivity index (χ2v) is 3.84. The predicted molar refractivity (Wildman–Crippen MR) is 55.1 cm³/mol. The Bertz CT molecular complexity index is 512. The van der Waals surface area contributed by atoms with Gasteiger partial charge in [0.25, 0.3) is 0 Å². The van der Waals surface area contributed by atoms with Crippen molar-refractivity contribution in [1.29, 1.82) is 0 Å². The average molecular weight is 188 g/mol. The zero-order valence-electron chi connectivity index (χ0n) is 8.09. The highest BCUT2D eigenvalue weighted by atomic mass is 15.2. The number of hydrogen-bond acceptors (Lipinski definition) is 3. The van der Waals surface area contributed by atoms with E-state index in [4.69, 9.17) is 5.73 Å². The minimum atomic E-state index is 0.658. The van der Waals surface area contributed by atoms with E-state index in [9.17, 15) is 0 Å². The molecule has 1 aliphatic rings. The van der Waals surface area contributed by atoms with Crippen LogP contribution in [0.4, 0.5) is 5.82 Å². The third kappa shape index (κ3) is 0.828. The molecule has 3 N–H and O–H groups in total. The van der Waals surface area contributed by atoms with Gasteiger partial charge in [-0.15, -0.1) is 0 Å². The van der Waals surface area contributed by atoms with Gasteiger partial charge in [-0.05, 0) is 37.3 Å². The van der Waals surface area contributed by atoms with Gasteiger partial charge in [-0.1, -0.05) is 0 Å². The van der Waals surface area contributed by atoms with Gasteiger partial charge in [0.2, 0.25) is 0 Å². The third-order valence-electron chi connectivity index (χ3n) is 3.01. The van der Waals surface area contributed by atoms with E-state index in [2.05, 4.69) is 22.1 Å². The third-order valence-corrected chi connectivity index (χ3v) is 3.01. The van der Waals surface area contributed by atoms with Crippen LogP contribution < -0.4 is 5.73 Å². The summed E-state index contributed by atoms with van der Waals surface area (Å²) in [6.07, 6.45) is 3.45. The van der Waals surface area contributed by atoms with Gasteiger partial charge in [0.1, 0.15) is 5.82 Å². The van der Waals surface area contributed by atoms with E-state index in [1.807, 2.05) is 0 Å². The molecule has 0 saturated carbocycles. The summed E-state index contributed by atoms with van der Waals surface area (Å²) >= 11 is 0. The molecule has 0 amide bonds. The molecule has 14 heavy (non-hydrogen) atoms. The topological polar surface area (TPSA) is 67.6 Å². The molecule has 0 atom stereocenters. The number of nitrogens with zero attached hydrogens (tertiary/aromatic N) is 2. The minimum absolute atomic E-state index is 0.658. The van der Waals surface area contributed by atoms with E-state index in [1.165, 1.54) is 17.5 Å². The first kappa shape index (κ1) is 7.79. The molecule has 0 unspecified atom stereocenters. The van der Waals surface area contributed by atoms with Crippen molar-refractivity contribution in [3.8, 4) is 0 Å². The van der Waals surface area contributed by atoms with E-state index in [1.54, 1.807) is 0 Å². The molecule has 0 aliphatic heterocycles. The summed E-state index contributed by atoms with van der Waals surface area (Å²) in [7, 11) is 0. The molecule has 2 aromatic heterocycles. The number of nitrogens with two attached hydrogens (primary N) is 1. The first-order valence-electron chi connectivity index (χ1n) is 4.89. The predicted octanol–water partition coefficient (Wildman–Crippen LogP) is 1.34. The van der Waals surface area contributed by atoms with Gasteiger partial charge in [-0.25, -0.2) is 4.98 Å². The summed E-state index contributed by atoms with van der Waals surface area (Å²) in [4.78, 5) is 4.45. The zero-order chi connectivity index (χ0) is 9.71. The lowest BCUT2D eigenvalue weighted by molar-refractivity contribution is 0.907. The number of anilines is 1. The molecule has 0 bridgehead atoms. The van der Waals surface area contributed by atoms with E-state index in [0.29, 0.717) is 5.82 Å². The van der Waals surface area contributed by atoms with Gasteiger partial charge < -0.3 is 5.73 Å². The molecular formula is C10H12N4. The number of nitrogens with one attached hydrogen (secondary N) is 1. The molecular weight excluding hydrogens is 176 g/mol. The fourth-order valence-corrected chi connectivity index (χ4v) is 2.37. The van der Waals surface area contributed by atoms with Crippen molar-refractivity contribution >= 4 is 16.9 Å². The largest absolute Gasteiger partial charge is 0.384 e. The van der Waals surface area contributed by atoms with Crippen molar-refractivity contribution in [3.63, 3.8) is 0 Å². The Hall–Kier alpha value is -1.58. The molecule has 2 aromatic rings. The number of nitrogen functional groups attached to an aromatic ring is 1. The van der Waals surface area contributed by atoms with Crippen LogP contribution >= 0.6 is 0 Å². The van der Waals surface area contributed by atoms with Crippen molar-refractivity contribution in [3.05, 3.63) is 16.8 Å². The fourth-order valence-electron chi connectivity index (χ4n) is 2.37. The van der Waals surface area contributed by atoms with Crippen molar-refractivity contribution in [2.75, 3.05) is 5.73 Å². The quantitative estimate of drug-likeness (QED) is 0.655. The molecule has 0 radical (unpaired) electrons. The molecule has 4 nitrogen and oxygen atoms in total. The van der Waals surface area contributed by atoms with Crippen LogP contribution in [0.5, 0.6) is 0 Å². The number of aryl methyl sites for hydroxylation is 2. The SMILES string of the molecule is Cc1nc2n[nH]c(N)c2c2c1CCC2. The Balaban J connectivity index is 2.49. The number of H-pyrrole nitrogens is 1. The van der Waals surface area contributed by atoms with Crippen molar-refractivity contribution in [2.45, 2.75) is 26.2 Å². The zero-order valence-corrected chi connectivity index (χ0v) is 8.09. The van der Waals surface area contributed by atoms with E-state index in [0.717, 1.165) is 29.6 Å². The summed E-state index contributed by atoms with van der Waals surface area (Å²) in [6, 6.07) is 0. The second-order valence-electron chi connectivity index (χ2n) is 3.84. The number of hydrogen-bond donors (Lipinski definition) is 2. The van der Waals surface area contributed by atoms with Gasteiger partial charge >= 0.3 is 0 Å². The molecule has 0 fully saturated rings. The van der Waals surface area contributed by atoms with Gasteiger partial charge in [-0.3, -0.25) is 5.10 Å². The van der Waals surface area contributed by atoms with E-state index in [-0.39, 0.29) is 0 Å². The second kappa shape index (κ2) is 2.47. The van der Waals surface area contributed by atoms with Crippen molar-refractivity contribution < 1.29 is 0 Å². The van der Waals surface area contributed by atoms with Crippen LogP contribution in [0, 0.1) is 6.92 Å². The molecule has 4 heteroatoms. The lowest BCUT2D eigenvalue weighted by Gasteiger charge is -2.03. The van der Waals surface area contributed by atoms with Crippen LogP contribution in [0.1, 0.15) is 23.2 Å². The highest BCUT2D eigenvalue weighted by Gasteiger charge is 2.20. The van der Waals surface area contributed by atoms with Gasteiger partial charge in [0, 0.05) is 5.69 Å². The number of aromatic nitrogens is 3. The molecule has 1 aliphatic carbocycles. The first-order valence-corrected chi connectivity index (χ1v) is 4.89. The normalized spacial score (nSPS) is 14.9. The van der Waals surface area contributed by atoms with Gasteiger partial charge in [-0.2, -0.15) is 5.10 Å². The van der Waals surface area contributed by atoms with Gasteiger partial charge in [0.15, 0.2) is 5.65 Å².